The number of likely N-dealkylation sites (tertiary alicyclic amines) is 1. The molecule has 1 N–H and O–H groups in total. The number of aliphatic hydroxyl groups is 1. The normalized spacial score (nSPS) is 16.9. The van der Waals surface area contributed by atoms with E-state index in [2.05, 4.69) is 4.98 Å². The number of carbonyl (C=O) groups excluding carboxylic acids is 2. The molecule has 6 nitrogen and oxygen atoms in total. The summed E-state index contributed by atoms with van der Waals surface area (Å²) in [5.74, 6) is -1.89. The zero-order chi connectivity index (χ0) is 18.1. The Morgan fingerprint density at radius 2 is 1.96 bits per heavy atom. The number of aromatic nitrogens is 2. The summed E-state index contributed by atoms with van der Waals surface area (Å²) in [5.41, 5.74) is 1.16. The highest BCUT2D eigenvalue weighted by Crippen LogP contribution is 2.23. The van der Waals surface area contributed by atoms with Gasteiger partial charge in [0.05, 0.1) is 18.4 Å². The first-order chi connectivity index (χ1) is 11.9. The van der Waals surface area contributed by atoms with Crippen molar-refractivity contribution in [3.63, 3.8) is 0 Å². The second-order valence-corrected chi connectivity index (χ2v) is 6.24. The minimum Gasteiger partial charge on any atom is -0.505 e. The van der Waals surface area contributed by atoms with Crippen molar-refractivity contribution in [2.45, 2.75) is 26.4 Å². The van der Waals surface area contributed by atoms with Crippen LogP contribution in [0.25, 0.3) is 5.76 Å². The Kier molecular flexibility index (Phi) is 4.39. The molecule has 1 aromatic heterocycles. The first-order valence-corrected chi connectivity index (χ1v) is 7.91. The molecule has 0 saturated carbocycles. The van der Waals surface area contributed by atoms with Crippen LogP contribution in [-0.2, 0) is 16.1 Å². The maximum absolute atomic E-state index is 12.9. The molecule has 1 aliphatic heterocycles. The molecule has 1 amide bonds. The van der Waals surface area contributed by atoms with E-state index in [0.29, 0.717) is 6.54 Å². The fraction of sp³-hybridized carbons (Fsp3) is 0.278. The number of halogens is 1. The molecule has 7 heteroatoms. The van der Waals surface area contributed by atoms with Crippen LogP contribution in [0.1, 0.15) is 25.1 Å². The van der Waals surface area contributed by atoms with Crippen molar-refractivity contribution in [1.29, 1.82) is 0 Å². The summed E-state index contributed by atoms with van der Waals surface area (Å²) in [4.78, 5) is 29.5. The van der Waals surface area contributed by atoms with Crippen LogP contribution in [-0.4, -0.2) is 43.8 Å². The molecule has 0 atom stereocenters. The fourth-order valence-corrected chi connectivity index (χ4v) is 2.70. The predicted octanol–water partition coefficient (Wildman–Crippen LogP) is 2.16. The number of benzene rings is 1. The van der Waals surface area contributed by atoms with Gasteiger partial charge in [0.25, 0.3) is 11.7 Å². The summed E-state index contributed by atoms with van der Waals surface area (Å²) >= 11 is 0. The van der Waals surface area contributed by atoms with Crippen molar-refractivity contribution in [3.05, 3.63) is 59.4 Å². The Hall–Kier alpha value is -2.96. The van der Waals surface area contributed by atoms with Gasteiger partial charge < -0.3 is 14.6 Å². The molecule has 1 aromatic carbocycles. The molecular weight excluding hydrogens is 325 g/mol. The third kappa shape index (κ3) is 3.31. The fourth-order valence-electron chi connectivity index (χ4n) is 2.70. The molecular formula is C18H18FN3O3. The van der Waals surface area contributed by atoms with Crippen LogP contribution in [0.2, 0.25) is 0 Å². The molecule has 3 rings (SSSR count). The van der Waals surface area contributed by atoms with Crippen LogP contribution in [0.15, 0.2) is 42.4 Å². The van der Waals surface area contributed by atoms with Gasteiger partial charge in [-0.3, -0.25) is 9.59 Å². The maximum atomic E-state index is 12.9. The Labute approximate surface area is 144 Å². The van der Waals surface area contributed by atoms with E-state index in [1.54, 1.807) is 22.9 Å². The molecule has 130 valence electrons. The summed E-state index contributed by atoms with van der Waals surface area (Å²) in [6, 6.07) is 5.93. The van der Waals surface area contributed by atoms with Gasteiger partial charge in [0.15, 0.2) is 5.76 Å². The van der Waals surface area contributed by atoms with Crippen LogP contribution in [0.3, 0.4) is 0 Å². The highest BCUT2D eigenvalue weighted by atomic mass is 19.1. The predicted molar refractivity (Wildman–Crippen MR) is 89.1 cm³/mol. The summed E-state index contributed by atoms with van der Waals surface area (Å²) < 4.78 is 14.7. The Morgan fingerprint density at radius 3 is 2.56 bits per heavy atom. The number of aliphatic hydroxyl groups excluding tert-OH is 1. The average molecular weight is 343 g/mol. The number of ketones is 1. The second kappa shape index (κ2) is 6.51. The molecule has 1 aliphatic rings. The van der Waals surface area contributed by atoms with Crippen LogP contribution < -0.4 is 0 Å². The topological polar surface area (TPSA) is 75.4 Å². The van der Waals surface area contributed by atoms with E-state index in [0.717, 1.165) is 5.56 Å². The van der Waals surface area contributed by atoms with Crippen molar-refractivity contribution in [3.8, 4) is 0 Å². The van der Waals surface area contributed by atoms with E-state index >= 15 is 0 Å². The van der Waals surface area contributed by atoms with Gasteiger partial charge >= 0.3 is 0 Å². The quantitative estimate of drug-likeness (QED) is 0.524. The van der Waals surface area contributed by atoms with Crippen molar-refractivity contribution in [1.82, 2.24) is 14.5 Å². The molecule has 2 heterocycles. The molecule has 0 unspecified atom stereocenters. The van der Waals surface area contributed by atoms with Crippen LogP contribution in [0, 0.1) is 5.82 Å². The van der Waals surface area contributed by atoms with Crippen LogP contribution in [0.5, 0.6) is 0 Å². The summed E-state index contributed by atoms with van der Waals surface area (Å²) in [7, 11) is 0. The molecule has 1 fully saturated rings. The number of hydrogen-bond acceptors (Lipinski definition) is 4. The lowest BCUT2D eigenvalue weighted by molar-refractivity contribution is -0.140. The van der Waals surface area contributed by atoms with E-state index < -0.39 is 11.7 Å². The van der Waals surface area contributed by atoms with Crippen LogP contribution in [0.4, 0.5) is 4.39 Å². The van der Waals surface area contributed by atoms with Gasteiger partial charge in [0.1, 0.15) is 11.5 Å². The standard InChI is InChI=1S/C18H18FN3O3/c1-11(2)22-8-14(17(24)18(22)25)16(23)15-9-21(10-20-15)7-12-3-5-13(19)6-4-12/h3-6,9-11,23H,7-8H2,1-2H3/b16-14-. The molecule has 0 spiro atoms. The number of Topliss-reactive ketones (excluding diaryl/α,β-unsaturated/α-hetero) is 1. The van der Waals surface area contributed by atoms with Gasteiger partial charge in [0.2, 0.25) is 0 Å². The van der Waals surface area contributed by atoms with Gasteiger partial charge in [0, 0.05) is 18.8 Å². The third-order valence-corrected chi connectivity index (χ3v) is 4.12. The number of nitrogens with zero attached hydrogens (tertiary/aromatic N) is 3. The lowest BCUT2D eigenvalue weighted by Gasteiger charge is -2.18. The minimum atomic E-state index is -0.695. The Morgan fingerprint density at radius 1 is 1.28 bits per heavy atom. The zero-order valence-electron chi connectivity index (χ0n) is 13.9. The zero-order valence-corrected chi connectivity index (χ0v) is 13.9. The molecule has 0 aliphatic carbocycles. The van der Waals surface area contributed by atoms with Crippen molar-refractivity contribution < 1.29 is 19.1 Å². The minimum absolute atomic E-state index is 0.0609. The molecule has 0 bridgehead atoms. The Bertz CT molecular complexity index is 853. The second-order valence-electron chi connectivity index (χ2n) is 6.24. The van der Waals surface area contributed by atoms with Crippen molar-refractivity contribution >= 4 is 17.4 Å². The number of rotatable bonds is 4. The molecule has 25 heavy (non-hydrogen) atoms. The summed E-state index contributed by atoms with van der Waals surface area (Å²) in [6.07, 6.45) is 3.10. The number of carbonyl (C=O) groups is 2. The monoisotopic (exact) mass is 343 g/mol. The maximum Gasteiger partial charge on any atom is 0.295 e. The van der Waals surface area contributed by atoms with E-state index in [4.69, 9.17) is 0 Å². The van der Waals surface area contributed by atoms with Crippen LogP contribution >= 0.6 is 0 Å². The molecule has 2 aromatic rings. The Balaban J connectivity index is 1.83. The van der Waals surface area contributed by atoms with E-state index in [1.807, 2.05) is 13.8 Å². The van der Waals surface area contributed by atoms with Gasteiger partial charge in [-0.15, -0.1) is 0 Å². The first-order valence-electron chi connectivity index (χ1n) is 7.91. The first kappa shape index (κ1) is 16.9. The number of imidazole rings is 1. The average Bonchev–Trinajstić information content (AvgIpc) is 3.15. The SMILES string of the molecule is CC(C)N1C/C(=C(/O)c2cn(Cc3ccc(F)cc3)cn2)C(=O)C1=O. The number of amides is 1. The van der Waals surface area contributed by atoms with Crippen molar-refractivity contribution in [2.24, 2.45) is 0 Å². The number of hydrogen-bond donors (Lipinski definition) is 1. The van der Waals surface area contributed by atoms with Crippen molar-refractivity contribution in [2.75, 3.05) is 6.54 Å². The third-order valence-electron chi connectivity index (χ3n) is 4.12. The lowest BCUT2D eigenvalue weighted by atomic mass is 10.1. The van der Waals surface area contributed by atoms with E-state index in [1.165, 1.54) is 23.4 Å². The molecule has 0 radical (unpaired) electrons. The highest BCUT2D eigenvalue weighted by molar-refractivity contribution is 6.46. The summed E-state index contributed by atoms with van der Waals surface area (Å²) in [6.45, 7) is 4.14. The van der Waals surface area contributed by atoms with E-state index in [-0.39, 0.29) is 35.4 Å². The molecule has 1 saturated heterocycles. The largest absolute Gasteiger partial charge is 0.505 e. The highest BCUT2D eigenvalue weighted by Gasteiger charge is 2.38. The van der Waals surface area contributed by atoms with Gasteiger partial charge in [-0.05, 0) is 31.5 Å². The lowest BCUT2D eigenvalue weighted by Crippen LogP contribution is -2.33. The van der Waals surface area contributed by atoms with Gasteiger partial charge in [-0.2, -0.15) is 0 Å². The van der Waals surface area contributed by atoms with Gasteiger partial charge in [-0.25, -0.2) is 9.37 Å². The summed E-state index contributed by atoms with van der Waals surface area (Å²) in [5, 5.41) is 10.4. The smallest absolute Gasteiger partial charge is 0.295 e. The van der Waals surface area contributed by atoms with Gasteiger partial charge in [-0.1, -0.05) is 12.1 Å². The van der Waals surface area contributed by atoms with E-state index in [9.17, 15) is 19.1 Å².